The summed E-state index contributed by atoms with van der Waals surface area (Å²) < 4.78 is 71.4. The third-order valence-corrected chi connectivity index (χ3v) is 10.3. The van der Waals surface area contributed by atoms with E-state index in [0.29, 0.717) is 30.3 Å². The number of anilines is 1. The monoisotopic (exact) mass is 593 g/mol. The minimum absolute atomic E-state index is 0.00321. The number of alkyl halides is 2. The first-order chi connectivity index (χ1) is 19.0. The number of pyridine rings is 1. The second kappa shape index (κ2) is 9.09. The Morgan fingerprint density at radius 3 is 2.38 bits per heavy atom. The maximum atomic E-state index is 13.6. The van der Waals surface area contributed by atoms with Gasteiger partial charge in [0, 0.05) is 50.0 Å². The summed E-state index contributed by atoms with van der Waals surface area (Å²) in [6.45, 7) is 0.786. The second-order valence-electron chi connectivity index (χ2n) is 11.4. The smallest absolute Gasteiger partial charge is 0.255 e. The fourth-order valence-electron chi connectivity index (χ4n) is 6.39. The highest BCUT2D eigenvalue weighted by atomic mass is 35.5. The van der Waals surface area contributed by atoms with Crippen LogP contribution in [0.5, 0.6) is 0 Å². The lowest BCUT2D eigenvalue weighted by Crippen LogP contribution is -2.56. The molecule has 0 spiro atoms. The molecule has 1 N–H and O–H groups in total. The summed E-state index contributed by atoms with van der Waals surface area (Å²) in [5.74, 6) is -1.79. The van der Waals surface area contributed by atoms with E-state index in [1.54, 1.807) is 23.2 Å². The van der Waals surface area contributed by atoms with Crippen LogP contribution in [-0.4, -0.2) is 65.7 Å². The molecular formula is C27H27ClF3N5O3S. The van der Waals surface area contributed by atoms with Crippen molar-refractivity contribution >= 4 is 38.9 Å². The number of carbonyl (C=O) groups is 1. The lowest BCUT2D eigenvalue weighted by atomic mass is 9.89. The average Bonchev–Trinajstić information content (AvgIpc) is 3.57. The van der Waals surface area contributed by atoms with Crippen molar-refractivity contribution in [2.75, 3.05) is 18.0 Å². The largest absolute Gasteiger partial charge is 0.348 e. The molecule has 0 radical (unpaired) electrons. The summed E-state index contributed by atoms with van der Waals surface area (Å²) in [5.41, 5.74) is 0.861. The van der Waals surface area contributed by atoms with E-state index in [9.17, 15) is 26.4 Å². The Morgan fingerprint density at radius 1 is 1.05 bits per heavy atom. The summed E-state index contributed by atoms with van der Waals surface area (Å²) in [6, 6.07) is 5.90. The highest BCUT2D eigenvalue weighted by Gasteiger charge is 2.47. The molecule has 2 aliphatic carbocycles. The second-order valence-corrected chi connectivity index (χ2v) is 13.5. The van der Waals surface area contributed by atoms with Crippen molar-refractivity contribution in [3.8, 4) is 0 Å². The zero-order valence-corrected chi connectivity index (χ0v) is 22.9. The van der Waals surface area contributed by atoms with Gasteiger partial charge in [0.2, 0.25) is 10.0 Å². The molecule has 2 aromatic heterocycles. The Bertz CT molecular complexity index is 1620. The molecule has 4 fully saturated rings. The lowest BCUT2D eigenvalue weighted by Gasteiger charge is -2.43. The third-order valence-electron chi connectivity index (χ3n) is 8.47. The number of nitrogens with one attached hydrogen (secondary N) is 1. The van der Waals surface area contributed by atoms with E-state index < -0.39 is 40.6 Å². The van der Waals surface area contributed by atoms with Gasteiger partial charge in [-0.3, -0.25) is 9.20 Å². The molecular weight excluding hydrogens is 567 g/mol. The summed E-state index contributed by atoms with van der Waals surface area (Å²) in [6.07, 6.45) is 4.23. The molecule has 2 bridgehead atoms. The van der Waals surface area contributed by atoms with E-state index in [0.717, 1.165) is 37.6 Å². The number of piperazine rings is 1. The van der Waals surface area contributed by atoms with Gasteiger partial charge in [-0.25, -0.2) is 31.3 Å². The summed E-state index contributed by atoms with van der Waals surface area (Å²) in [5, 5.41) is 0.0589. The Balaban J connectivity index is 1.23. The number of carbonyl (C=O) groups excluding carboxylic acids is 1. The predicted octanol–water partition coefficient (Wildman–Crippen LogP) is 4.57. The van der Waals surface area contributed by atoms with E-state index in [1.807, 2.05) is 4.40 Å². The molecule has 0 unspecified atom stereocenters. The zero-order valence-electron chi connectivity index (χ0n) is 21.4. The Kier molecular flexibility index (Phi) is 5.93. The molecule has 3 aromatic rings. The molecule has 7 rings (SSSR count). The van der Waals surface area contributed by atoms with Gasteiger partial charge in [-0.2, -0.15) is 0 Å². The van der Waals surface area contributed by atoms with E-state index in [-0.39, 0.29) is 33.5 Å². The van der Waals surface area contributed by atoms with Crippen molar-refractivity contribution in [1.29, 1.82) is 0 Å². The average molecular weight is 594 g/mol. The summed E-state index contributed by atoms with van der Waals surface area (Å²) in [7, 11) is -4.06. The maximum absolute atomic E-state index is 13.6. The van der Waals surface area contributed by atoms with Crippen LogP contribution in [-0.2, 0) is 10.0 Å². The zero-order chi connectivity index (χ0) is 28.0. The number of fused-ring (bicyclic) bond motifs is 3. The molecule has 40 heavy (non-hydrogen) atoms. The van der Waals surface area contributed by atoms with Gasteiger partial charge in [0.1, 0.15) is 17.5 Å². The highest BCUT2D eigenvalue weighted by molar-refractivity contribution is 7.89. The van der Waals surface area contributed by atoms with E-state index in [2.05, 4.69) is 14.6 Å². The van der Waals surface area contributed by atoms with Gasteiger partial charge >= 0.3 is 0 Å². The van der Waals surface area contributed by atoms with Crippen LogP contribution in [0.4, 0.5) is 19.0 Å². The van der Waals surface area contributed by atoms with Crippen molar-refractivity contribution in [3.63, 3.8) is 0 Å². The van der Waals surface area contributed by atoms with Gasteiger partial charge in [0.25, 0.3) is 11.8 Å². The molecule has 1 aromatic carbocycles. The molecule has 2 saturated carbocycles. The van der Waals surface area contributed by atoms with Crippen LogP contribution in [0.3, 0.4) is 0 Å². The van der Waals surface area contributed by atoms with Gasteiger partial charge in [-0.1, -0.05) is 11.6 Å². The number of rotatable bonds is 6. The van der Waals surface area contributed by atoms with Crippen molar-refractivity contribution in [3.05, 3.63) is 58.8 Å². The number of aromatic nitrogens is 2. The molecule has 212 valence electrons. The van der Waals surface area contributed by atoms with Crippen LogP contribution in [0.25, 0.3) is 5.52 Å². The van der Waals surface area contributed by atoms with E-state index in [1.165, 1.54) is 12.1 Å². The lowest BCUT2D eigenvalue weighted by molar-refractivity contribution is -0.0876. The topological polar surface area (TPSA) is 87.0 Å². The number of hydrogen-bond donors (Lipinski definition) is 1. The van der Waals surface area contributed by atoms with Gasteiger partial charge < -0.3 is 9.80 Å². The predicted molar refractivity (Wildman–Crippen MR) is 142 cm³/mol. The number of halogens is 4. The first-order valence-corrected chi connectivity index (χ1v) is 15.3. The Labute approximate surface area is 234 Å². The number of hydrogen-bond acceptors (Lipinski definition) is 5. The SMILES string of the molecule is O=C(c1ccc(F)cc1Cl)N1C[C@H]2CC[C@@H](C1)N2c1cc(S(=O)(=O)NC2CC(F)(F)C2)cc2cnc(C3CC3)n12. The highest BCUT2D eigenvalue weighted by Crippen LogP contribution is 2.44. The van der Waals surface area contributed by atoms with Crippen LogP contribution in [0.15, 0.2) is 41.4 Å². The summed E-state index contributed by atoms with van der Waals surface area (Å²) >= 11 is 6.18. The van der Waals surface area contributed by atoms with Crippen LogP contribution in [0.2, 0.25) is 5.02 Å². The number of likely N-dealkylation sites (tertiary alicyclic amines) is 1. The molecule has 8 nitrogen and oxygen atoms in total. The van der Waals surface area contributed by atoms with Gasteiger partial charge in [0.05, 0.1) is 27.2 Å². The van der Waals surface area contributed by atoms with Crippen LogP contribution >= 0.6 is 11.6 Å². The number of benzene rings is 1. The van der Waals surface area contributed by atoms with Crippen molar-refractivity contribution in [2.45, 2.75) is 73.4 Å². The van der Waals surface area contributed by atoms with Crippen molar-refractivity contribution < 1.29 is 26.4 Å². The van der Waals surface area contributed by atoms with Gasteiger partial charge in [-0.15, -0.1) is 0 Å². The number of amides is 1. The molecule has 13 heteroatoms. The van der Waals surface area contributed by atoms with Crippen LogP contribution in [0, 0.1) is 5.82 Å². The van der Waals surface area contributed by atoms with E-state index in [4.69, 9.17) is 11.6 Å². The molecule has 1 amide bonds. The van der Waals surface area contributed by atoms with Gasteiger partial charge in [-0.05, 0) is 56.0 Å². The minimum atomic E-state index is -4.06. The number of sulfonamides is 1. The fourth-order valence-corrected chi connectivity index (χ4v) is 7.92. The third kappa shape index (κ3) is 4.44. The first kappa shape index (κ1) is 26.1. The normalized spacial score (nSPS) is 24.5. The molecule has 4 aliphatic rings. The standard InChI is InChI=1S/C27H27ClF3N5O3S/c28-23-7-16(29)3-6-22(23)26(37)34-13-18-4-5-19(14-34)35(18)24-9-21(40(38,39)33-17-10-27(30,31)11-17)8-20-12-32-25(36(20)24)15-1-2-15/h3,6-9,12,15,17-19,33H,1-2,4-5,10-11,13-14H2/t18-,19+. The molecule has 2 atom stereocenters. The van der Waals surface area contributed by atoms with Crippen molar-refractivity contribution in [2.24, 2.45) is 0 Å². The maximum Gasteiger partial charge on any atom is 0.255 e. The molecule has 2 aliphatic heterocycles. The minimum Gasteiger partial charge on any atom is -0.348 e. The number of nitrogens with zero attached hydrogens (tertiary/aromatic N) is 4. The van der Waals surface area contributed by atoms with Crippen LogP contribution in [0.1, 0.15) is 60.6 Å². The Morgan fingerprint density at radius 2 is 1.75 bits per heavy atom. The fraction of sp³-hybridized carbons (Fsp3) is 0.481. The van der Waals surface area contributed by atoms with Crippen molar-refractivity contribution in [1.82, 2.24) is 19.0 Å². The first-order valence-electron chi connectivity index (χ1n) is 13.4. The molecule has 2 saturated heterocycles. The number of imidazole rings is 1. The van der Waals surface area contributed by atoms with E-state index >= 15 is 0 Å². The van der Waals surface area contributed by atoms with Crippen LogP contribution < -0.4 is 9.62 Å². The Hall–Kier alpha value is -2.83. The quantitative estimate of drug-likeness (QED) is 0.452. The molecule has 4 heterocycles. The van der Waals surface area contributed by atoms with Gasteiger partial charge in [0.15, 0.2) is 0 Å². The summed E-state index contributed by atoms with van der Waals surface area (Å²) in [4.78, 5) is 21.9.